The molecule has 0 aromatic rings. The molecule has 1 spiro atoms. The second-order valence-electron chi connectivity index (χ2n) is 11.8. The van der Waals surface area contributed by atoms with Gasteiger partial charge in [0.2, 0.25) is 0 Å². The van der Waals surface area contributed by atoms with Gasteiger partial charge in [-0.2, -0.15) is 0 Å². The summed E-state index contributed by atoms with van der Waals surface area (Å²) in [6.07, 6.45) is 12.4. The molecule has 142 valence electrons. The first-order valence-corrected chi connectivity index (χ1v) is 11.8. The van der Waals surface area contributed by atoms with Gasteiger partial charge in [-0.1, -0.05) is 48.0 Å². The molecule has 0 radical (unpaired) electrons. The molecule has 0 aromatic heterocycles. The van der Waals surface area contributed by atoms with Crippen LogP contribution in [0.4, 0.5) is 0 Å². The van der Waals surface area contributed by atoms with Crippen LogP contribution >= 0.6 is 0 Å². The van der Waals surface area contributed by atoms with Crippen molar-refractivity contribution in [3.8, 4) is 0 Å². The van der Waals surface area contributed by atoms with Crippen LogP contribution in [0.2, 0.25) is 0 Å². The lowest BCUT2D eigenvalue weighted by Gasteiger charge is -2.67. The summed E-state index contributed by atoms with van der Waals surface area (Å²) in [5, 5.41) is 0. The van der Waals surface area contributed by atoms with Gasteiger partial charge in [-0.15, -0.1) is 0 Å². The molecule has 5 fully saturated rings. The van der Waals surface area contributed by atoms with Crippen molar-refractivity contribution in [1.29, 1.82) is 0 Å². The minimum atomic E-state index is 0.558. The van der Waals surface area contributed by atoms with Gasteiger partial charge in [0.1, 0.15) is 0 Å². The lowest BCUT2D eigenvalue weighted by Crippen LogP contribution is -2.61. The van der Waals surface area contributed by atoms with Crippen molar-refractivity contribution in [3.05, 3.63) is 0 Å². The summed E-state index contributed by atoms with van der Waals surface area (Å²) in [5.74, 6) is 8.23. The minimum absolute atomic E-state index is 0.558. The molecule has 5 aliphatic rings. The maximum Gasteiger partial charge on any atom is -0.0171 e. The van der Waals surface area contributed by atoms with Gasteiger partial charge in [0.05, 0.1) is 0 Å². The van der Waals surface area contributed by atoms with Crippen molar-refractivity contribution in [3.63, 3.8) is 0 Å². The average molecular weight is 343 g/mol. The van der Waals surface area contributed by atoms with Crippen LogP contribution in [0.15, 0.2) is 0 Å². The molecule has 5 saturated carbocycles. The lowest BCUT2D eigenvalue weighted by atomic mass is 9.38. The Bertz CT molecular complexity index is 564. The summed E-state index contributed by atoms with van der Waals surface area (Å²) in [7, 11) is 0. The molecular formula is C25H42. The van der Waals surface area contributed by atoms with Crippen LogP contribution in [0, 0.1) is 63.6 Å². The Kier molecular flexibility index (Phi) is 3.48. The molecule has 3 bridgehead atoms. The standard InChI is InChI=1S/C25H42/c1-7-20-21-10-9-17-12-18-13-19(17)14-25(21)22(18)11-15(3)16(4)24(25,6)23(20,5)8-2/h15-22H,7-14H2,1-6H3. The summed E-state index contributed by atoms with van der Waals surface area (Å²) in [6, 6.07) is 0. The number of rotatable bonds is 2. The van der Waals surface area contributed by atoms with Crippen molar-refractivity contribution < 1.29 is 0 Å². The molecule has 0 N–H and O–H groups in total. The fourth-order valence-electron chi connectivity index (χ4n) is 11.1. The van der Waals surface area contributed by atoms with Gasteiger partial charge in [0, 0.05) is 0 Å². The summed E-state index contributed by atoms with van der Waals surface area (Å²) in [6.45, 7) is 16.0. The first kappa shape index (κ1) is 17.1. The minimum Gasteiger partial charge on any atom is -0.0651 e. The van der Waals surface area contributed by atoms with Gasteiger partial charge >= 0.3 is 0 Å². The molecule has 0 saturated heterocycles. The third kappa shape index (κ3) is 1.61. The third-order valence-corrected chi connectivity index (χ3v) is 12.2. The van der Waals surface area contributed by atoms with Crippen molar-refractivity contribution in [1.82, 2.24) is 0 Å². The number of fused-ring (bicyclic) bond motifs is 2. The Morgan fingerprint density at radius 1 is 0.840 bits per heavy atom. The molecule has 5 rings (SSSR count). The third-order valence-electron chi connectivity index (χ3n) is 12.2. The van der Waals surface area contributed by atoms with E-state index in [0.29, 0.717) is 16.2 Å². The Labute approximate surface area is 156 Å². The highest BCUT2D eigenvalue weighted by atomic mass is 14.8. The van der Waals surface area contributed by atoms with E-state index in [1.54, 1.807) is 38.5 Å². The molecule has 0 heterocycles. The topological polar surface area (TPSA) is 0 Å². The molecule has 0 nitrogen and oxygen atoms in total. The number of hydrogen-bond donors (Lipinski definition) is 0. The van der Waals surface area contributed by atoms with Crippen molar-refractivity contribution in [2.45, 2.75) is 92.9 Å². The fraction of sp³-hybridized carbons (Fsp3) is 1.00. The van der Waals surface area contributed by atoms with E-state index >= 15 is 0 Å². The Morgan fingerprint density at radius 3 is 2.24 bits per heavy atom. The van der Waals surface area contributed by atoms with Gasteiger partial charge in [-0.3, -0.25) is 0 Å². The first-order chi connectivity index (χ1) is 11.8. The van der Waals surface area contributed by atoms with Gasteiger partial charge in [-0.05, 0) is 109 Å². The quantitative estimate of drug-likeness (QED) is 0.498. The van der Waals surface area contributed by atoms with Gasteiger partial charge in [0.25, 0.3) is 0 Å². The monoisotopic (exact) mass is 342 g/mol. The zero-order valence-electron chi connectivity index (χ0n) is 17.8. The van der Waals surface area contributed by atoms with Crippen LogP contribution in [-0.2, 0) is 0 Å². The SMILES string of the molecule is CCC1C2CCC3CC4CC3CC23C4CC(C)C(C)C3(C)C1(C)CC. The summed E-state index contributed by atoms with van der Waals surface area (Å²) in [4.78, 5) is 0. The predicted molar refractivity (Wildman–Crippen MR) is 106 cm³/mol. The summed E-state index contributed by atoms with van der Waals surface area (Å²) in [5.41, 5.74) is 1.82. The maximum absolute atomic E-state index is 2.83. The zero-order valence-corrected chi connectivity index (χ0v) is 17.8. The molecule has 0 aliphatic heterocycles. The van der Waals surface area contributed by atoms with E-state index in [4.69, 9.17) is 0 Å². The van der Waals surface area contributed by atoms with Crippen LogP contribution in [0.3, 0.4) is 0 Å². The highest BCUT2D eigenvalue weighted by Crippen LogP contribution is 2.84. The highest BCUT2D eigenvalue weighted by molar-refractivity contribution is 5.26. The highest BCUT2D eigenvalue weighted by Gasteiger charge is 2.78. The average Bonchev–Trinajstić information content (AvgIpc) is 2.96. The first-order valence-electron chi connectivity index (χ1n) is 11.8. The van der Waals surface area contributed by atoms with E-state index in [9.17, 15) is 0 Å². The smallest absolute Gasteiger partial charge is 0.0171 e. The van der Waals surface area contributed by atoms with Crippen LogP contribution < -0.4 is 0 Å². The molecular weight excluding hydrogens is 300 g/mol. The molecule has 0 aromatic carbocycles. The van der Waals surface area contributed by atoms with Crippen molar-refractivity contribution in [2.75, 3.05) is 0 Å². The number of hydrogen-bond acceptors (Lipinski definition) is 0. The van der Waals surface area contributed by atoms with Crippen molar-refractivity contribution >= 4 is 0 Å². The fourth-order valence-corrected chi connectivity index (χ4v) is 11.1. The van der Waals surface area contributed by atoms with E-state index in [0.717, 1.165) is 47.3 Å². The molecule has 11 unspecified atom stereocenters. The van der Waals surface area contributed by atoms with Crippen LogP contribution in [-0.4, -0.2) is 0 Å². The van der Waals surface area contributed by atoms with E-state index in [1.807, 2.05) is 0 Å². The second kappa shape index (κ2) is 5.08. The molecule has 25 heavy (non-hydrogen) atoms. The second-order valence-corrected chi connectivity index (χ2v) is 11.8. The maximum atomic E-state index is 2.83. The van der Waals surface area contributed by atoms with E-state index in [2.05, 4.69) is 41.5 Å². The zero-order chi connectivity index (χ0) is 17.8. The largest absolute Gasteiger partial charge is 0.0651 e. The van der Waals surface area contributed by atoms with Crippen LogP contribution in [0.1, 0.15) is 92.9 Å². The summed E-state index contributed by atoms with van der Waals surface area (Å²) >= 11 is 0. The van der Waals surface area contributed by atoms with E-state index < -0.39 is 0 Å². The van der Waals surface area contributed by atoms with Crippen LogP contribution in [0.25, 0.3) is 0 Å². The van der Waals surface area contributed by atoms with Gasteiger partial charge in [0.15, 0.2) is 0 Å². The Morgan fingerprint density at radius 2 is 1.56 bits per heavy atom. The normalized spacial score (nSPS) is 65.0. The Balaban J connectivity index is 1.78. The van der Waals surface area contributed by atoms with Crippen molar-refractivity contribution in [2.24, 2.45) is 63.6 Å². The van der Waals surface area contributed by atoms with Gasteiger partial charge in [-0.25, -0.2) is 0 Å². The predicted octanol–water partition coefficient (Wildman–Crippen LogP) is 7.18. The lowest BCUT2D eigenvalue weighted by molar-refractivity contribution is -0.189. The van der Waals surface area contributed by atoms with Crippen LogP contribution in [0.5, 0.6) is 0 Å². The van der Waals surface area contributed by atoms with E-state index in [1.165, 1.54) is 12.8 Å². The van der Waals surface area contributed by atoms with E-state index in [-0.39, 0.29) is 0 Å². The molecule has 0 heteroatoms. The molecule has 0 amide bonds. The van der Waals surface area contributed by atoms with Gasteiger partial charge < -0.3 is 0 Å². The molecule has 11 atom stereocenters. The molecule has 5 aliphatic carbocycles. The Hall–Kier alpha value is 0. The summed E-state index contributed by atoms with van der Waals surface area (Å²) < 4.78 is 0.